The van der Waals surface area contributed by atoms with Crippen LogP contribution in [0, 0.1) is 0 Å². The molecule has 2 aliphatic rings. The molecule has 1 saturated carbocycles. The molecule has 11 heteroatoms. The van der Waals surface area contributed by atoms with E-state index in [1.807, 2.05) is 23.6 Å². The molecule has 1 saturated heterocycles. The molecule has 1 aliphatic heterocycles. The molecule has 1 aromatic rings. The number of nitrogens with zero attached hydrogens (tertiary/aromatic N) is 2. The Labute approximate surface area is 215 Å². The summed E-state index contributed by atoms with van der Waals surface area (Å²) in [5.41, 5.74) is 9.31. The van der Waals surface area contributed by atoms with E-state index in [1.165, 1.54) is 6.08 Å². The summed E-state index contributed by atoms with van der Waals surface area (Å²) < 4.78 is 27.5. The van der Waals surface area contributed by atoms with Crippen LogP contribution in [0.3, 0.4) is 0 Å². The Morgan fingerprint density at radius 2 is 1.97 bits per heavy atom. The molecule has 1 atom stereocenters. The lowest BCUT2D eigenvalue weighted by Gasteiger charge is -2.33. The summed E-state index contributed by atoms with van der Waals surface area (Å²) in [5.74, 6) is 1.43. The number of hydrazine groups is 1. The van der Waals surface area contributed by atoms with Gasteiger partial charge >= 0.3 is 0 Å². The molecule has 0 spiro atoms. The van der Waals surface area contributed by atoms with Crippen LogP contribution in [0.2, 0.25) is 5.02 Å². The zero-order chi connectivity index (χ0) is 26.1. The maximum Gasteiger partial charge on any atom is 0.267 e. The van der Waals surface area contributed by atoms with Gasteiger partial charge in [0.15, 0.2) is 0 Å². The third kappa shape index (κ3) is 8.53. The van der Waals surface area contributed by atoms with Gasteiger partial charge in [0.25, 0.3) is 11.8 Å². The SMILES string of the molecule is NNC(=O)CC(CCN1CCCC(F)(F)C1)NC(=O)C(N)=CC(=NC1CCCC1)c1ccccc1Cl. The van der Waals surface area contributed by atoms with Gasteiger partial charge in [-0.3, -0.25) is 24.9 Å². The summed E-state index contributed by atoms with van der Waals surface area (Å²) in [5, 5.41) is 3.25. The average Bonchev–Trinajstić information content (AvgIpc) is 3.35. The van der Waals surface area contributed by atoms with E-state index in [-0.39, 0.29) is 37.5 Å². The summed E-state index contributed by atoms with van der Waals surface area (Å²) in [7, 11) is 0. The van der Waals surface area contributed by atoms with Crippen LogP contribution in [0.25, 0.3) is 0 Å². The maximum atomic E-state index is 13.8. The van der Waals surface area contributed by atoms with Crippen molar-refractivity contribution in [3.8, 4) is 0 Å². The molecule has 0 aromatic heterocycles. The minimum Gasteiger partial charge on any atom is -0.394 e. The number of rotatable bonds is 10. The van der Waals surface area contributed by atoms with Gasteiger partial charge in [-0.05, 0) is 44.4 Å². The molecule has 1 unspecified atom stereocenters. The number of benzene rings is 1. The fourth-order valence-corrected chi connectivity index (χ4v) is 4.88. The van der Waals surface area contributed by atoms with Gasteiger partial charge in [-0.1, -0.05) is 42.6 Å². The van der Waals surface area contributed by atoms with Crippen molar-refractivity contribution in [2.45, 2.75) is 69.4 Å². The van der Waals surface area contributed by atoms with E-state index in [0.717, 1.165) is 25.7 Å². The van der Waals surface area contributed by atoms with Gasteiger partial charge < -0.3 is 11.1 Å². The molecule has 2 fully saturated rings. The number of likely N-dealkylation sites (tertiary alicyclic amines) is 1. The average molecular weight is 525 g/mol. The second kappa shape index (κ2) is 13.1. The van der Waals surface area contributed by atoms with Gasteiger partial charge in [0.05, 0.1) is 24.0 Å². The highest BCUT2D eigenvalue weighted by atomic mass is 35.5. The molecule has 2 amide bonds. The molecule has 1 heterocycles. The number of nitrogens with one attached hydrogen (secondary N) is 2. The first-order valence-corrected chi connectivity index (χ1v) is 12.7. The normalized spacial score (nSPS) is 20.2. The van der Waals surface area contributed by atoms with Gasteiger partial charge in [0, 0.05) is 36.0 Å². The van der Waals surface area contributed by atoms with Crippen molar-refractivity contribution in [3.63, 3.8) is 0 Å². The largest absolute Gasteiger partial charge is 0.394 e. The highest BCUT2D eigenvalue weighted by molar-refractivity contribution is 6.35. The third-order valence-corrected chi connectivity index (χ3v) is 6.87. The standard InChI is InChI=1S/C25H35ClF2N6O2/c26-20-9-4-3-8-19(20)22(31-17-6-1-2-7-17)15-21(29)24(36)32-18(14-23(35)33-30)10-13-34-12-5-11-25(27,28)16-34/h3-4,8-9,15,17-18H,1-2,5-7,10-14,16,29-30H2,(H,32,36)(H,33,35). The highest BCUT2D eigenvalue weighted by Gasteiger charge is 2.35. The number of hydrogen-bond donors (Lipinski definition) is 4. The Hall–Kier alpha value is -2.56. The van der Waals surface area contributed by atoms with Crippen molar-refractivity contribution >= 4 is 29.1 Å². The van der Waals surface area contributed by atoms with Crippen LogP contribution in [0.4, 0.5) is 8.78 Å². The van der Waals surface area contributed by atoms with Crippen molar-refractivity contribution in [3.05, 3.63) is 46.6 Å². The Balaban J connectivity index is 1.73. The lowest BCUT2D eigenvalue weighted by atomic mass is 10.0. The van der Waals surface area contributed by atoms with E-state index < -0.39 is 23.8 Å². The molecule has 0 radical (unpaired) electrons. The number of amides is 2. The topological polar surface area (TPSA) is 126 Å². The molecule has 36 heavy (non-hydrogen) atoms. The molecule has 0 bridgehead atoms. The van der Waals surface area contributed by atoms with Gasteiger partial charge in [-0.2, -0.15) is 0 Å². The molecular weight excluding hydrogens is 490 g/mol. The smallest absolute Gasteiger partial charge is 0.267 e. The number of carbonyl (C=O) groups excluding carboxylic acids is 2. The molecular formula is C25H35ClF2N6O2. The zero-order valence-electron chi connectivity index (χ0n) is 20.3. The van der Waals surface area contributed by atoms with Crippen LogP contribution in [-0.2, 0) is 9.59 Å². The molecule has 8 nitrogen and oxygen atoms in total. The second-order valence-corrected chi connectivity index (χ2v) is 9.91. The van der Waals surface area contributed by atoms with E-state index in [2.05, 4.69) is 5.32 Å². The van der Waals surface area contributed by atoms with Crippen LogP contribution in [-0.4, -0.2) is 60.1 Å². The number of carbonyl (C=O) groups is 2. The first-order valence-electron chi connectivity index (χ1n) is 12.4. The number of aliphatic imine (C=N–C) groups is 1. The summed E-state index contributed by atoms with van der Waals surface area (Å²) in [6.45, 7) is 0.508. The van der Waals surface area contributed by atoms with E-state index in [4.69, 9.17) is 28.2 Å². The van der Waals surface area contributed by atoms with Crippen LogP contribution in [0.1, 0.15) is 56.9 Å². The summed E-state index contributed by atoms with van der Waals surface area (Å²) >= 11 is 6.39. The number of alkyl halides is 2. The zero-order valence-corrected chi connectivity index (χ0v) is 21.1. The number of halogens is 3. The first-order chi connectivity index (χ1) is 17.2. The van der Waals surface area contributed by atoms with Crippen molar-refractivity contribution in [2.75, 3.05) is 19.6 Å². The molecule has 198 valence electrons. The molecule has 1 aromatic carbocycles. The molecule has 3 rings (SSSR count). The number of piperidine rings is 1. The van der Waals surface area contributed by atoms with Gasteiger partial charge in [-0.15, -0.1) is 0 Å². The monoisotopic (exact) mass is 524 g/mol. The fourth-order valence-electron chi connectivity index (χ4n) is 4.65. The Morgan fingerprint density at radius 3 is 2.64 bits per heavy atom. The lowest BCUT2D eigenvalue weighted by molar-refractivity contribution is -0.122. The van der Waals surface area contributed by atoms with Crippen LogP contribution in [0.5, 0.6) is 0 Å². The predicted octanol–water partition coefficient (Wildman–Crippen LogP) is 2.90. The van der Waals surface area contributed by atoms with Crippen molar-refractivity contribution in [1.82, 2.24) is 15.6 Å². The number of nitrogens with two attached hydrogens (primary N) is 2. The van der Waals surface area contributed by atoms with Gasteiger partial charge in [0.2, 0.25) is 5.91 Å². The van der Waals surface area contributed by atoms with E-state index >= 15 is 0 Å². The Morgan fingerprint density at radius 1 is 1.25 bits per heavy atom. The fraction of sp³-hybridized carbons (Fsp3) is 0.560. The van der Waals surface area contributed by atoms with Gasteiger partial charge in [0.1, 0.15) is 0 Å². The quantitative estimate of drug-likeness (QED) is 0.123. The maximum absolute atomic E-state index is 13.8. The minimum absolute atomic E-state index is 0.0886. The summed E-state index contributed by atoms with van der Waals surface area (Å²) in [4.78, 5) is 31.4. The van der Waals surface area contributed by atoms with Crippen molar-refractivity contribution in [1.29, 1.82) is 0 Å². The van der Waals surface area contributed by atoms with E-state index in [0.29, 0.717) is 35.8 Å². The van der Waals surface area contributed by atoms with Crippen LogP contribution >= 0.6 is 11.6 Å². The van der Waals surface area contributed by atoms with Gasteiger partial charge in [-0.25, -0.2) is 14.6 Å². The summed E-state index contributed by atoms with van der Waals surface area (Å²) in [6.07, 6.45) is 6.06. The second-order valence-electron chi connectivity index (χ2n) is 9.50. The first kappa shape index (κ1) is 28.0. The number of allylic oxidation sites excluding steroid dienone is 1. The van der Waals surface area contributed by atoms with Crippen molar-refractivity contribution < 1.29 is 18.4 Å². The Kier molecular flexibility index (Phi) is 10.2. The molecule has 6 N–H and O–H groups in total. The van der Waals surface area contributed by atoms with E-state index in [9.17, 15) is 18.4 Å². The third-order valence-electron chi connectivity index (χ3n) is 6.54. The lowest BCUT2D eigenvalue weighted by Crippen LogP contribution is -2.47. The predicted molar refractivity (Wildman–Crippen MR) is 137 cm³/mol. The number of hydrogen-bond acceptors (Lipinski definition) is 6. The summed E-state index contributed by atoms with van der Waals surface area (Å²) in [6, 6.07) is 6.70. The Bertz CT molecular complexity index is 981. The van der Waals surface area contributed by atoms with Crippen molar-refractivity contribution in [2.24, 2.45) is 16.6 Å². The minimum atomic E-state index is -2.73. The van der Waals surface area contributed by atoms with E-state index in [1.54, 1.807) is 11.0 Å². The highest BCUT2D eigenvalue weighted by Crippen LogP contribution is 2.27. The van der Waals surface area contributed by atoms with Crippen LogP contribution < -0.4 is 22.3 Å². The van der Waals surface area contributed by atoms with Crippen LogP contribution in [0.15, 0.2) is 41.0 Å². The molecule has 1 aliphatic carbocycles.